The van der Waals surface area contributed by atoms with Gasteiger partial charge in [0.15, 0.2) is 5.82 Å². The first-order valence-corrected chi connectivity index (χ1v) is 6.04. The third-order valence-electron chi connectivity index (χ3n) is 2.53. The van der Waals surface area contributed by atoms with Crippen molar-refractivity contribution in [2.75, 3.05) is 18.1 Å². The summed E-state index contributed by atoms with van der Waals surface area (Å²) in [6.07, 6.45) is 3.01. The molecular formula is C13H14ClN3O. The van der Waals surface area contributed by atoms with Crippen LogP contribution < -0.4 is 4.90 Å². The van der Waals surface area contributed by atoms with E-state index >= 15 is 0 Å². The molecule has 0 saturated heterocycles. The first-order chi connectivity index (χ1) is 8.81. The highest BCUT2D eigenvalue weighted by molar-refractivity contribution is 6.32. The van der Waals surface area contributed by atoms with E-state index in [0.29, 0.717) is 23.9 Å². The molecule has 18 heavy (non-hydrogen) atoms. The monoisotopic (exact) mass is 263 g/mol. The third kappa shape index (κ3) is 3.18. The van der Waals surface area contributed by atoms with E-state index < -0.39 is 0 Å². The smallest absolute Gasteiger partial charge is 0.151 e. The lowest BCUT2D eigenvalue weighted by Crippen LogP contribution is -2.27. The summed E-state index contributed by atoms with van der Waals surface area (Å²) >= 11 is 6.07. The molecule has 4 nitrogen and oxygen atoms in total. The Labute approximate surface area is 111 Å². The quantitative estimate of drug-likeness (QED) is 0.898. The maximum atomic E-state index is 9.14. The van der Waals surface area contributed by atoms with Crippen LogP contribution in [0.1, 0.15) is 5.56 Å². The van der Waals surface area contributed by atoms with Gasteiger partial charge in [-0.05, 0) is 5.56 Å². The molecule has 0 aliphatic rings. The predicted octanol–water partition coefficient (Wildman–Crippen LogP) is 2.13. The summed E-state index contributed by atoms with van der Waals surface area (Å²) in [6.45, 7) is 1.18. The summed E-state index contributed by atoms with van der Waals surface area (Å²) < 4.78 is 0. The van der Waals surface area contributed by atoms with Gasteiger partial charge in [0.25, 0.3) is 0 Å². The lowest BCUT2D eigenvalue weighted by atomic mass is 10.2. The number of halogens is 1. The van der Waals surface area contributed by atoms with Crippen LogP contribution in [0, 0.1) is 0 Å². The van der Waals surface area contributed by atoms with Crippen LogP contribution in [0.3, 0.4) is 0 Å². The zero-order valence-corrected chi connectivity index (χ0v) is 10.6. The van der Waals surface area contributed by atoms with Gasteiger partial charge in [0, 0.05) is 13.1 Å². The highest BCUT2D eigenvalue weighted by Crippen LogP contribution is 2.22. The molecule has 0 bridgehead atoms. The van der Waals surface area contributed by atoms with Gasteiger partial charge in [-0.3, -0.25) is 0 Å². The minimum Gasteiger partial charge on any atom is -0.395 e. The van der Waals surface area contributed by atoms with Gasteiger partial charge >= 0.3 is 0 Å². The number of hydrogen-bond acceptors (Lipinski definition) is 4. The summed E-state index contributed by atoms with van der Waals surface area (Å²) in [4.78, 5) is 9.96. The molecule has 0 saturated carbocycles. The molecule has 0 unspecified atom stereocenters. The molecule has 0 fully saturated rings. The second-order valence-electron chi connectivity index (χ2n) is 3.83. The summed E-state index contributed by atoms with van der Waals surface area (Å²) in [5, 5.41) is 9.63. The zero-order chi connectivity index (χ0) is 12.8. The summed E-state index contributed by atoms with van der Waals surface area (Å²) in [5.41, 5.74) is 1.14. The fraction of sp³-hybridized carbons (Fsp3) is 0.231. The number of hydrogen-bond donors (Lipinski definition) is 1. The highest BCUT2D eigenvalue weighted by Gasteiger charge is 2.11. The second kappa shape index (κ2) is 6.33. The number of aromatic nitrogens is 2. The van der Waals surface area contributed by atoms with Gasteiger partial charge in [-0.25, -0.2) is 9.97 Å². The maximum absolute atomic E-state index is 9.14. The topological polar surface area (TPSA) is 49.2 Å². The van der Waals surface area contributed by atoms with Crippen molar-refractivity contribution in [2.45, 2.75) is 6.54 Å². The van der Waals surface area contributed by atoms with E-state index in [4.69, 9.17) is 16.7 Å². The Morgan fingerprint density at radius 3 is 2.67 bits per heavy atom. The molecule has 0 aliphatic carbocycles. The average molecular weight is 264 g/mol. The van der Waals surface area contributed by atoms with Crippen LogP contribution in [0.25, 0.3) is 0 Å². The van der Waals surface area contributed by atoms with Gasteiger partial charge in [0.2, 0.25) is 0 Å². The third-order valence-corrected chi connectivity index (χ3v) is 2.80. The molecule has 2 rings (SSSR count). The Bertz CT molecular complexity index is 493. The fourth-order valence-corrected chi connectivity index (χ4v) is 1.95. The van der Waals surface area contributed by atoms with Crippen LogP contribution in [-0.4, -0.2) is 28.2 Å². The number of rotatable bonds is 5. The van der Waals surface area contributed by atoms with Crippen LogP contribution in [0.4, 0.5) is 5.82 Å². The van der Waals surface area contributed by atoms with E-state index in [1.807, 2.05) is 35.2 Å². The van der Waals surface area contributed by atoms with Gasteiger partial charge in [0.1, 0.15) is 11.3 Å². The van der Waals surface area contributed by atoms with Crippen molar-refractivity contribution in [3.63, 3.8) is 0 Å². The summed E-state index contributed by atoms with van der Waals surface area (Å²) in [6, 6.07) is 9.98. The Hall–Kier alpha value is -1.65. The highest BCUT2D eigenvalue weighted by atomic mass is 35.5. The van der Waals surface area contributed by atoms with Gasteiger partial charge in [-0.2, -0.15) is 0 Å². The van der Waals surface area contributed by atoms with E-state index in [-0.39, 0.29) is 6.61 Å². The minimum absolute atomic E-state index is 0.0488. The molecule has 94 valence electrons. The van der Waals surface area contributed by atoms with Crippen LogP contribution in [0.15, 0.2) is 42.9 Å². The van der Waals surface area contributed by atoms with E-state index in [0.717, 1.165) is 5.56 Å². The molecule has 5 heteroatoms. The van der Waals surface area contributed by atoms with E-state index in [9.17, 15) is 0 Å². The van der Waals surface area contributed by atoms with Crippen molar-refractivity contribution >= 4 is 17.4 Å². The van der Waals surface area contributed by atoms with Gasteiger partial charge < -0.3 is 10.0 Å². The lowest BCUT2D eigenvalue weighted by molar-refractivity contribution is 0.301. The van der Waals surface area contributed by atoms with Gasteiger partial charge in [-0.1, -0.05) is 41.9 Å². The van der Waals surface area contributed by atoms with Crippen molar-refractivity contribution in [3.8, 4) is 0 Å². The molecule has 0 radical (unpaired) electrons. The van der Waals surface area contributed by atoms with Crippen molar-refractivity contribution < 1.29 is 5.11 Å². The van der Waals surface area contributed by atoms with E-state index in [2.05, 4.69) is 9.97 Å². The van der Waals surface area contributed by atoms with E-state index in [1.165, 1.54) is 6.33 Å². The molecular weight excluding hydrogens is 250 g/mol. The van der Waals surface area contributed by atoms with Crippen molar-refractivity contribution in [2.24, 2.45) is 0 Å². The van der Waals surface area contributed by atoms with Gasteiger partial charge in [-0.15, -0.1) is 0 Å². The number of benzene rings is 1. The largest absolute Gasteiger partial charge is 0.395 e. The zero-order valence-electron chi connectivity index (χ0n) is 9.83. The van der Waals surface area contributed by atoms with Gasteiger partial charge in [0.05, 0.1) is 12.8 Å². The van der Waals surface area contributed by atoms with Crippen LogP contribution in [0.2, 0.25) is 5.02 Å². The average Bonchev–Trinajstić information content (AvgIpc) is 2.40. The molecule has 0 amide bonds. The van der Waals surface area contributed by atoms with Crippen LogP contribution >= 0.6 is 11.6 Å². The molecule has 1 aromatic heterocycles. The number of aliphatic hydroxyl groups is 1. The number of anilines is 1. The van der Waals surface area contributed by atoms with E-state index in [1.54, 1.807) is 6.20 Å². The predicted molar refractivity (Wildman–Crippen MR) is 71.6 cm³/mol. The molecule has 0 atom stereocenters. The second-order valence-corrected chi connectivity index (χ2v) is 4.23. The Morgan fingerprint density at radius 1 is 1.22 bits per heavy atom. The Kier molecular flexibility index (Phi) is 4.50. The lowest BCUT2D eigenvalue weighted by Gasteiger charge is -2.23. The molecule has 1 N–H and O–H groups in total. The molecule has 2 aromatic rings. The number of aliphatic hydroxyl groups excluding tert-OH is 1. The standard InChI is InChI=1S/C13H14ClN3O/c14-12-8-15-10-16-13(12)17(6-7-18)9-11-4-2-1-3-5-11/h1-5,8,10,18H,6-7,9H2. The fourth-order valence-electron chi connectivity index (χ4n) is 1.72. The van der Waals surface area contributed by atoms with Crippen molar-refractivity contribution in [1.82, 2.24) is 9.97 Å². The molecule has 1 aromatic carbocycles. The molecule has 1 heterocycles. The normalized spacial score (nSPS) is 10.3. The Morgan fingerprint density at radius 2 is 2.00 bits per heavy atom. The molecule has 0 aliphatic heterocycles. The van der Waals surface area contributed by atoms with Crippen molar-refractivity contribution in [3.05, 3.63) is 53.4 Å². The number of nitrogens with zero attached hydrogens (tertiary/aromatic N) is 3. The first kappa shape index (κ1) is 12.8. The van der Waals surface area contributed by atoms with Crippen LogP contribution in [-0.2, 0) is 6.54 Å². The Balaban J connectivity index is 2.21. The first-order valence-electron chi connectivity index (χ1n) is 5.66. The van der Waals surface area contributed by atoms with Crippen molar-refractivity contribution in [1.29, 1.82) is 0 Å². The minimum atomic E-state index is 0.0488. The molecule has 0 spiro atoms. The van der Waals surface area contributed by atoms with Crippen LogP contribution in [0.5, 0.6) is 0 Å². The maximum Gasteiger partial charge on any atom is 0.151 e. The summed E-state index contributed by atoms with van der Waals surface area (Å²) in [5.74, 6) is 0.643. The summed E-state index contributed by atoms with van der Waals surface area (Å²) in [7, 11) is 0. The SMILES string of the molecule is OCCN(Cc1ccccc1)c1ncncc1Cl.